The molecule has 2 heterocycles. The number of rotatable bonds is 5. The molecule has 2 rings (SSSR count). The summed E-state index contributed by atoms with van der Waals surface area (Å²) in [5.41, 5.74) is 2.85. The Balaban J connectivity index is 2.08. The lowest BCUT2D eigenvalue weighted by atomic mass is 10.0. The summed E-state index contributed by atoms with van der Waals surface area (Å²) in [6.45, 7) is 4.85. The van der Waals surface area contributed by atoms with Gasteiger partial charge in [0, 0.05) is 37.4 Å². The number of nitrogens with zero attached hydrogens (tertiary/aromatic N) is 3. The molecule has 1 N–H and O–H groups in total. The summed E-state index contributed by atoms with van der Waals surface area (Å²) in [6, 6.07) is -0.0664. The van der Waals surface area contributed by atoms with Gasteiger partial charge in [0.1, 0.15) is 0 Å². The Morgan fingerprint density at radius 2 is 2.04 bits per heavy atom. The molecule has 1 amide bonds. The Morgan fingerprint density at radius 3 is 2.61 bits per heavy atom. The predicted molar refractivity (Wildman–Crippen MR) is 88.6 cm³/mol. The highest BCUT2D eigenvalue weighted by Crippen LogP contribution is 2.20. The van der Waals surface area contributed by atoms with Crippen molar-refractivity contribution in [2.75, 3.05) is 19.3 Å². The highest BCUT2D eigenvalue weighted by atomic mass is 32.2. The van der Waals surface area contributed by atoms with Crippen molar-refractivity contribution in [1.29, 1.82) is 0 Å². The van der Waals surface area contributed by atoms with E-state index in [4.69, 9.17) is 0 Å². The molecule has 0 aromatic carbocycles. The number of aromatic nitrogens is 2. The quantitative estimate of drug-likeness (QED) is 0.845. The highest BCUT2D eigenvalue weighted by Gasteiger charge is 2.28. The molecule has 0 bridgehead atoms. The second kappa shape index (κ2) is 7.00. The van der Waals surface area contributed by atoms with Gasteiger partial charge < -0.3 is 4.90 Å². The minimum atomic E-state index is -3.24. The van der Waals surface area contributed by atoms with Crippen molar-refractivity contribution in [3.05, 3.63) is 17.0 Å². The molecule has 1 aliphatic rings. The monoisotopic (exact) mass is 342 g/mol. The Bertz CT molecular complexity index is 681. The SMILES string of the molecule is Cc1nn(C)c(C)c1CC(=O)N1CCCC[C@H]1CNS(C)(=O)=O. The second-order valence-electron chi connectivity index (χ2n) is 6.31. The number of hydrogen-bond donors (Lipinski definition) is 1. The molecule has 1 atom stereocenters. The normalized spacial score (nSPS) is 19.1. The van der Waals surface area contributed by atoms with E-state index in [2.05, 4.69) is 9.82 Å². The van der Waals surface area contributed by atoms with E-state index in [-0.39, 0.29) is 18.5 Å². The summed E-state index contributed by atoms with van der Waals surface area (Å²) in [7, 11) is -1.37. The third kappa shape index (κ3) is 4.54. The van der Waals surface area contributed by atoms with Crippen molar-refractivity contribution >= 4 is 15.9 Å². The van der Waals surface area contributed by atoms with Crippen molar-refractivity contribution in [3.8, 4) is 0 Å². The number of hydrogen-bond acceptors (Lipinski definition) is 4. The van der Waals surface area contributed by atoms with Crippen molar-refractivity contribution in [3.63, 3.8) is 0 Å². The second-order valence-corrected chi connectivity index (χ2v) is 8.14. The van der Waals surface area contributed by atoms with Gasteiger partial charge in [-0.3, -0.25) is 9.48 Å². The minimum absolute atomic E-state index is 0.0456. The largest absolute Gasteiger partial charge is 0.338 e. The van der Waals surface area contributed by atoms with Crippen LogP contribution in [-0.2, 0) is 28.3 Å². The molecule has 1 aromatic rings. The van der Waals surface area contributed by atoms with Crippen LogP contribution in [0, 0.1) is 13.8 Å². The van der Waals surface area contributed by atoms with E-state index in [9.17, 15) is 13.2 Å². The van der Waals surface area contributed by atoms with Gasteiger partial charge in [-0.25, -0.2) is 13.1 Å². The summed E-state index contributed by atoms with van der Waals surface area (Å²) >= 11 is 0. The Morgan fingerprint density at radius 1 is 1.35 bits per heavy atom. The van der Waals surface area contributed by atoms with Crippen LogP contribution in [-0.4, -0.2) is 54.4 Å². The third-order valence-electron chi connectivity index (χ3n) is 4.52. The van der Waals surface area contributed by atoms with Crippen LogP contribution in [0.1, 0.15) is 36.2 Å². The summed E-state index contributed by atoms with van der Waals surface area (Å²) in [5.74, 6) is 0.0456. The molecule has 7 nitrogen and oxygen atoms in total. The van der Waals surface area contributed by atoms with Crippen LogP contribution in [0.15, 0.2) is 0 Å². The van der Waals surface area contributed by atoms with E-state index in [0.717, 1.165) is 42.5 Å². The van der Waals surface area contributed by atoms with Gasteiger partial charge in [0.2, 0.25) is 15.9 Å². The van der Waals surface area contributed by atoms with Crippen LogP contribution in [0.3, 0.4) is 0 Å². The minimum Gasteiger partial charge on any atom is -0.338 e. The molecule has 1 fully saturated rings. The van der Waals surface area contributed by atoms with E-state index in [0.29, 0.717) is 13.0 Å². The number of aryl methyl sites for hydroxylation is 2. The van der Waals surface area contributed by atoms with Gasteiger partial charge in [0.15, 0.2) is 0 Å². The first-order valence-electron chi connectivity index (χ1n) is 7.92. The molecule has 0 radical (unpaired) electrons. The number of amides is 1. The van der Waals surface area contributed by atoms with Crippen LogP contribution < -0.4 is 4.72 Å². The van der Waals surface area contributed by atoms with Crippen molar-refractivity contribution in [2.24, 2.45) is 7.05 Å². The summed E-state index contributed by atoms with van der Waals surface area (Å²) < 4.78 is 26.9. The first-order chi connectivity index (χ1) is 10.7. The molecule has 1 saturated heterocycles. The number of likely N-dealkylation sites (tertiary alicyclic amines) is 1. The maximum Gasteiger partial charge on any atom is 0.227 e. The zero-order valence-electron chi connectivity index (χ0n) is 14.3. The molecule has 1 aliphatic heterocycles. The fourth-order valence-corrected chi connectivity index (χ4v) is 3.61. The molecule has 23 heavy (non-hydrogen) atoms. The molecular formula is C15H26N4O3S. The van der Waals surface area contributed by atoms with Gasteiger partial charge in [-0.05, 0) is 33.1 Å². The van der Waals surface area contributed by atoms with Gasteiger partial charge in [0.05, 0.1) is 18.4 Å². The maximum atomic E-state index is 12.7. The Labute approximate surface area is 138 Å². The lowest BCUT2D eigenvalue weighted by molar-refractivity contribution is -0.134. The van der Waals surface area contributed by atoms with Crippen molar-refractivity contribution in [2.45, 2.75) is 45.6 Å². The summed E-state index contributed by atoms with van der Waals surface area (Å²) in [4.78, 5) is 14.6. The molecule has 0 saturated carbocycles. The predicted octanol–water partition coefficient (Wildman–Crippen LogP) is 0.510. The zero-order chi connectivity index (χ0) is 17.2. The van der Waals surface area contributed by atoms with E-state index < -0.39 is 10.0 Å². The Kier molecular flexibility index (Phi) is 5.46. The molecule has 1 aromatic heterocycles. The van der Waals surface area contributed by atoms with Gasteiger partial charge in [-0.15, -0.1) is 0 Å². The first-order valence-corrected chi connectivity index (χ1v) is 9.81. The number of carbonyl (C=O) groups excluding carboxylic acids is 1. The van der Waals surface area contributed by atoms with Crippen LogP contribution in [0.2, 0.25) is 0 Å². The number of piperidine rings is 1. The van der Waals surface area contributed by atoms with E-state index >= 15 is 0 Å². The molecule has 130 valence electrons. The zero-order valence-corrected chi connectivity index (χ0v) is 15.1. The van der Waals surface area contributed by atoms with E-state index in [1.54, 1.807) is 4.68 Å². The van der Waals surface area contributed by atoms with Gasteiger partial charge in [0.25, 0.3) is 0 Å². The van der Waals surface area contributed by atoms with Gasteiger partial charge in [-0.2, -0.15) is 5.10 Å². The molecule has 0 spiro atoms. The summed E-state index contributed by atoms with van der Waals surface area (Å²) in [5, 5.41) is 4.35. The van der Waals surface area contributed by atoms with Gasteiger partial charge >= 0.3 is 0 Å². The van der Waals surface area contributed by atoms with Gasteiger partial charge in [-0.1, -0.05) is 0 Å². The lowest BCUT2D eigenvalue weighted by Gasteiger charge is -2.36. The first kappa shape index (κ1) is 17.9. The van der Waals surface area contributed by atoms with Crippen molar-refractivity contribution < 1.29 is 13.2 Å². The number of carbonyl (C=O) groups is 1. The van der Waals surface area contributed by atoms with E-state index in [1.165, 1.54) is 0 Å². The molecule has 0 unspecified atom stereocenters. The molecule has 0 aliphatic carbocycles. The third-order valence-corrected chi connectivity index (χ3v) is 5.21. The smallest absolute Gasteiger partial charge is 0.227 e. The average Bonchev–Trinajstić information content (AvgIpc) is 2.71. The topological polar surface area (TPSA) is 84.3 Å². The maximum absolute atomic E-state index is 12.7. The van der Waals surface area contributed by atoms with Crippen LogP contribution in [0.25, 0.3) is 0 Å². The number of sulfonamides is 1. The lowest BCUT2D eigenvalue weighted by Crippen LogP contribution is -2.49. The van der Waals surface area contributed by atoms with Crippen LogP contribution in [0.5, 0.6) is 0 Å². The molecular weight excluding hydrogens is 316 g/mol. The van der Waals surface area contributed by atoms with Crippen LogP contribution in [0.4, 0.5) is 0 Å². The highest BCUT2D eigenvalue weighted by molar-refractivity contribution is 7.88. The number of nitrogens with one attached hydrogen (secondary N) is 1. The fraction of sp³-hybridized carbons (Fsp3) is 0.733. The Hall–Kier alpha value is -1.41. The fourth-order valence-electron chi connectivity index (χ4n) is 3.11. The summed E-state index contributed by atoms with van der Waals surface area (Å²) in [6.07, 6.45) is 4.28. The molecule has 8 heteroatoms. The average molecular weight is 342 g/mol. The van der Waals surface area contributed by atoms with Crippen LogP contribution >= 0.6 is 0 Å². The van der Waals surface area contributed by atoms with E-state index in [1.807, 2.05) is 25.8 Å². The van der Waals surface area contributed by atoms with Crippen molar-refractivity contribution in [1.82, 2.24) is 19.4 Å². The standard InChI is InChI=1S/C15H26N4O3S/c1-11-14(12(2)18(3)17-11)9-15(20)19-8-6-5-7-13(19)10-16-23(4,21)22/h13,16H,5-10H2,1-4H3/t13-/m0/s1.